The molecule has 0 bridgehead atoms. The molecular weight excluding hydrogens is 188 g/mol. The summed E-state index contributed by atoms with van der Waals surface area (Å²) in [6.07, 6.45) is 1.05. The van der Waals surface area contributed by atoms with Crippen LogP contribution in [0.5, 0.6) is 0 Å². The van der Waals surface area contributed by atoms with Crippen LogP contribution in [0.2, 0.25) is 0 Å². The van der Waals surface area contributed by atoms with Gasteiger partial charge in [0.25, 0.3) is 0 Å². The molecule has 0 heterocycles. The first kappa shape index (κ1) is 11.5. The van der Waals surface area contributed by atoms with Gasteiger partial charge in [-0.25, -0.2) is 4.79 Å². The Kier molecular flexibility index (Phi) is 4.10. The lowest BCUT2D eigenvalue weighted by molar-refractivity contribution is -0.143. The van der Waals surface area contributed by atoms with Crippen LogP contribution in [0.25, 0.3) is 0 Å². The predicted octanol–water partition coefficient (Wildman–Crippen LogP) is 2.91. The molecule has 0 aliphatic heterocycles. The van der Waals surface area contributed by atoms with E-state index in [1.54, 1.807) is 0 Å². The molecule has 15 heavy (non-hydrogen) atoms. The molecule has 0 amide bonds. The minimum atomic E-state index is -0.370. The molecule has 0 spiro atoms. The van der Waals surface area contributed by atoms with Gasteiger partial charge in [0.2, 0.25) is 0 Å². The summed E-state index contributed by atoms with van der Waals surface area (Å²) in [7, 11) is 0. The number of hydrogen-bond acceptors (Lipinski definition) is 2. The van der Waals surface area contributed by atoms with Crippen LogP contribution in [0.4, 0.5) is 0 Å². The van der Waals surface area contributed by atoms with Gasteiger partial charge in [-0.05, 0) is 12.5 Å². The normalized spacial score (nSPS) is 14.0. The van der Waals surface area contributed by atoms with Crippen LogP contribution in [0, 0.1) is 0 Å². The van der Waals surface area contributed by atoms with Gasteiger partial charge >= 0.3 is 5.97 Å². The Labute approximate surface area is 90.6 Å². The lowest BCUT2D eigenvalue weighted by atomic mass is 9.96. The molecule has 0 N–H and O–H groups in total. The first-order valence-corrected chi connectivity index (χ1v) is 5.03. The molecule has 2 unspecified atom stereocenters. The van der Waals surface area contributed by atoms with E-state index >= 15 is 0 Å². The van der Waals surface area contributed by atoms with E-state index in [1.807, 2.05) is 44.2 Å². The second kappa shape index (κ2) is 5.35. The van der Waals surface area contributed by atoms with Gasteiger partial charge < -0.3 is 4.74 Å². The molecule has 0 aromatic heterocycles. The van der Waals surface area contributed by atoms with Gasteiger partial charge in [-0.2, -0.15) is 0 Å². The van der Waals surface area contributed by atoms with Crippen molar-refractivity contribution in [3.63, 3.8) is 0 Å². The molecule has 1 aromatic rings. The average molecular weight is 204 g/mol. The second-order valence-electron chi connectivity index (χ2n) is 3.55. The smallest absolute Gasteiger partial charge is 0.330 e. The third kappa shape index (κ3) is 3.24. The van der Waals surface area contributed by atoms with E-state index in [2.05, 4.69) is 6.58 Å². The minimum Gasteiger partial charge on any atom is -0.459 e. The number of carbonyl (C=O) groups excluding carboxylic acids is 1. The number of hydrogen-bond donors (Lipinski definition) is 0. The summed E-state index contributed by atoms with van der Waals surface area (Å²) in [5, 5.41) is 0. The Hall–Kier alpha value is -1.57. The summed E-state index contributed by atoms with van der Waals surface area (Å²) in [6, 6.07) is 9.99. The lowest BCUT2D eigenvalue weighted by Crippen LogP contribution is -2.19. The Morgan fingerprint density at radius 1 is 1.33 bits per heavy atom. The summed E-state index contributed by atoms with van der Waals surface area (Å²) in [6.45, 7) is 7.30. The van der Waals surface area contributed by atoms with E-state index in [4.69, 9.17) is 4.74 Å². The monoisotopic (exact) mass is 204 g/mol. The van der Waals surface area contributed by atoms with Gasteiger partial charge in [0.15, 0.2) is 0 Å². The molecule has 1 rings (SSSR count). The van der Waals surface area contributed by atoms with Crippen LogP contribution >= 0.6 is 0 Å². The fourth-order valence-electron chi connectivity index (χ4n) is 1.36. The summed E-state index contributed by atoms with van der Waals surface area (Å²) in [5.74, 6) is -0.180. The zero-order valence-corrected chi connectivity index (χ0v) is 9.14. The van der Waals surface area contributed by atoms with Crippen LogP contribution in [0.3, 0.4) is 0 Å². The minimum absolute atomic E-state index is 0.141. The van der Waals surface area contributed by atoms with Gasteiger partial charge in [0.05, 0.1) is 0 Å². The van der Waals surface area contributed by atoms with Crippen LogP contribution < -0.4 is 0 Å². The van der Waals surface area contributed by atoms with Gasteiger partial charge in [-0.1, -0.05) is 43.8 Å². The van der Waals surface area contributed by atoms with Gasteiger partial charge in [0, 0.05) is 12.0 Å². The standard InChI is InChI=1S/C13H16O2/c1-4-13(14)15-11(3)10(2)12-8-6-5-7-9-12/h4-11H,1H2,2-3H3. The van der Waals surface area contributed by atoms with Crippen molar-refractivity contribution in [3.8, 4) is 0 Å². The number of benzene rings is 1. The lowest BCUT2D eigenvalue weighted by Gasteiger charge is -2.19. The molecule has 0 saturated heterocycles. The highest BCUT2D eigenvalue weighted by Gasteiger charge is 2.16. The van der Waals surface area contributed by atoms with Crippen molar-refractivity contribution in [1.82, 2.24) is 0 Å². The Bertz CT molecular complexity index is 330. The largest absolute Gasteiger partial charge is 0.459 e. The summed E-state index contributed by atoms with van der Waals surface area (Å²) in [4.78, 5) is 11.0. The second-order valence-corrected chi connectivity index (χ2v) is 3.55. The first-order valence-electron chi connectivity index (χ1n) is 5.03. The Morgan fingerprint density at radius 2 is 1.93 bits per heavy atom. The van der Waals surface area contributed by atoms with Crippen molar-refractivity contribution in [3.05, 3.63) is 48.6 Å². The fourth-order valence-corrected chi connectivity index (χ4v) is 1.36. The third-order valence-corrected chi connectivity index (χ3v) is 2.50. The highest BCUT2D eigenvalue weighted by molar-refractivity contribution is 5.81. The molecule has 1 aromatic carbocycles. The summed E-state index contributed by atoms with van der Waals surface area (Å²) in [5.41, 5.74) is 1.17. The maximum absolute atomic E-state index is 11.0. The third-order valence-electron chi connectivity index (χ3n) is 2.50. The van der Waals surface area contributed by atoms with E-state index in [1.165, 1.54) is 11.6 Å². The van der Waals surface area contributed by atoms with E-state index in [9.17, 15) is 4.79 Å². The molecule has 0 fully saturated rings. The van der Waals surface area contributed by atoms with E-state index in [0.717, 1.165) is 0 Å². The van der Waals surface area contributed by atoms with Crippen LogP contribution in [0.1, 0.15) is 25.3 Å². The van der Waals surface area contributed by atoms with E-state index in [0.29, 0.717) is 0 Å². The number of carbonyl (C=O) groups is 1. The molecule has 0 aliphatic carbocycles. The number of ether oxygens (including phenoxy) is 1. The zero-order chi connectivity index (χ0) is 11.3. The predicted molar refractivity (Wildman–Crippen MR) is 60.6 cm³/mol. The molecule has 0 saturated carbocycles. The number of esters is 1. The number of rotatable bonds is 4. The highest BCUT2D eigenvalue weighted by atomic mass is 16.5. The summed E-state index contributed by atoms with van der Waals surface area (Å²) >= 11 is 0. The van der Waals surface area contributed by atoms with Crippen LogP contribution in [-0.4, -0.2) is 12.1 Å². The molecular formula is C13H16O2. The van der Waals surface area contributed by atoms with Crippen LogP contribution in [0.15, 0.2) is 43.0 Å². The quantitative estimate of drug-likeness (QED) is 0.557. The fraction of sp³-hybridized carbons (Fsp3) is 0.308. The summed E-state index contributed by atoms with van der Waals surface area (Å²) < 4.78 is 5.16. The van der Waals surface area contributed by atoms with E-state index in [-0.39, 0.29) is 18.0 Å². The van der Waals surface area contributed by atoms with Gasteiger partial charge in [0.1, 0.15) is 6.10 Å². The van der Waals surface area contributed by atoms with Gasteiger partial charge in [-0.3, -0.25) is 0 Å². The van der Waals surface area contributed by atoms with Crippen molar-refractivity contribution in [2.75, 3.05) is 0 Å². The average Bonchev–Trinajstić information content (AvgIpc) is 2.29. The molecule has 0 aliphatic rings. The van der Waals surface area contributed by atoms with Gasteiger partial charge in [-0.15, -0.1) is 0 Å². The van der Waals surface area contributed by atoms with Crippen molar-refractivity contribution in [2.45, 2.75) is 25.9 Å². The first-order chi connectivity index (χ1) is 7.15. The maximum Gasteiger partial charge on any atom is 0.330 e. The van der Waals surface area contributed by atoms with Crippen LogP contribution in [-0.2, 0) is 9.53 Å². The maximum atomic E-state index is 11.0. The van der Waals surface area contributed by atoms with E-state index < -0.39 is 0 Å². The Morgan fingerprint density at radius 3 is 2.47 bits per heavy atom. The SMILES string of the molecule is C=CC(=O)OC(C)C(C)c1ccccc1. The zero-order valence-electron chi connectivity index (χ0n) is 9.14. The van der Waals surface area contributed by atoms with Crippen molar-refractivity contribution in [2.24, 2.45) is 0 Å². The molecule has 80 valence electrons. The van der Waals surface area contributed by atoms with Crippen molar-refractivity contribution >= 4 is 5.97 Å². The molecule has 2 atom stereocenters. The molecule has 2 heteroatoms. The molecule has 0 radical (unpaired) electrons. The van der Waals surface area contributed by atoms with Crippen molar-refractivity contribution < 1.29 is 9.53 Å². The topological polar surface area (TPSA) is 26.3 Å². The van der Waals surface area contributed by atoms with Crippen molar-refractivity contribution in [1.29, 1.82) is 0 Å². The Balaban J connectivity index is 2.64. The highest BCUT2D eigenvalue weighted by Crippen LogP contribution is 2.20. The molecule has 2 nitrogen and oxygen atoms in total.